The number of likely N-dealkylation sites (N-methyl/N-ethyl adjacent to an activating group) is 1. The van der Waals surface area contributed by atoms with E-state index in [9.17, 15) is 9.59 Å². The standard InChI is InChI=1S/C20H21NO3/c1-21(13-12-16-6-3-2-4-7-16)19(22)15-18-9-5-8-17(14-18)10-11-20(23)24/h2-11,14H,12-13,15H2,1H3,(H,23,24)/b11-10+. The van der Waals surface area contributed by atoms with Crippen LogP contribution in [0.4, 0.5) is 0 Å². The van der Waals surface area contributed by atoms with Crippen LogP contribution in [0.5, 0.6) is 0 Å². The van der Waals surface area contributed by atoms with Crippen LogP contribution in [-0.2, 0) is 22.4 Å². The molecule has 2 rings (SSSR count). The Hall–Kier alpha value is -2.88. The van der Waals surface area contributed by atoms with Gasteiger partial charge in [0.1, 0.15) is 0 Å². The van der Waals surface area contributed by atoms with Gasteiger partial charge in [0, 0.05) is 19.7 Å². The van der Waals surface area contributed by atoms with E-state index in [0.717, 1.165) is 23.6 Å². The molecule has 1 N–H and O–H groups in total. The molecule has 0 unspecified atom stereocenters. The number of carbonyl (C=O) groups is 2. The molecule has 24 heavy (non-hydrogen) atoms. The van der Waals surface area contributed by atoms with Crippen molar-refractivity contribution in [3.8, 4) is 0 Å². The van der Waals surface area contributed by atoms with Gasteiger partial charge < -0.3 is 10.0 Å². The fraction of sp³-hybridized carbons (Fsp3) is 0.200. The topological polar surface area (TPSA) is 57.6 Å². The predicted molar refractivity (Wildman–Crippen MR) is 94.6 cm³/mol. The molecule has 0 aliphatic heterocycles. The number of hydrogen-bond donors (Lipinski definition) is 1. The quantitative estimate of drug-likeness (QED) is 0.797. The van der Waals surface area contributed by atoms with Crippen LogP contribution in [0.1, 0.15) is 16.7 Å². The summed E-state index contributed by atoms with van der Waals surface area (Å²) >= 11 is 0. The van der Waals surface area contributed by atoms with Crippen LogP contribution < -0.4 is 0 Å². The number of hydrogen-bond acceptors (Lipinski definition) is 2. The first kappa shape index (κ1) is 17.5. The second-order valence-corrected chi connectivity index (χ2v) is 5.64. The summed E-state index contributed by atoms with van der Waals surface area (Å²) in [5.41, 5.74) is 2.85. The van der Waals surface area contributed by atoms with E-state index >= 15 is 0 Å². The maximum absolute atomic E-state index is 12.3. The SMILES string of the molecule is CN(CCc1ccccc1)C(=O)Cc1cccc(/C=C/C(=O)O)c1. The zero-order valence-electron chi connectivity index (χ0n) is 13.7. The fourth-order valence-corrected chi connectivity index (χ4v) is 2.35. The zero-order valence-corrected chi connectivity index (χ0v) is 13.7. The van der Waals surface area contributed by atoms with Crippen LogP contribution in [0.25, 0.3) is 6.08 Å². The Balaban J connectivity index is 1.91. The van der Waals surface area contributed by atoms with E-state index in [4.69, 9.17) is 5.11 Å². The Kier molecular flexibility index (Phi) is 6.32. The van der Waals surface area contributed by atoms with Crippen molar-refractivity contribution in [3.63, 3.8) is 0 Å². The lowest BCUT2D eigenvalue weighted by Gasteiger charge is -2.17. The molecule has 0 radical (unpaired) electrons. The lowest BCUT2D eigenvalue weighted by Crippen LogP contribution is -2.30. The fourth-order valence-electron chi connectivity index (χ4n) is 2.35. The molecule has 4 heteroatoms. The van der Waals surface area contributed by atoms with Crippen molar-refractivity contribution in [1.82, 2.24) is 4.90 Å². The normalized spacial score (nSPS) is 10.7. The third-order valence-corrected chi connectivity index (χ3v) is 3.73. The predicted octanol–water partition coefficient (Wildman–Crippen LogP) is 3.03. The second-order valence-electron chi connectivity index (χ2n) is 5.64. The van der Waals surface area contributed by atoms with Gasteiger partial charge in [-0.15, -0.1) is 0 Å². The number of nitrogens with zero attached hydrogens (tertiary/aromatic N) is 1. The van der Waals surface area contributed by atoms with Crippen LogP contribution in [0.15, 0.2) is 60.7 Å². The van der Waals surface area contributed by atoms with Crippen molar-refractivity contribution >= 4 is 18.0 Å². The van der Waals surface area contributed by atoms with Gasteiger partial charge in [0.05, 0.1) is 6.42 Å². The summed E-state index contributed by atoms with van der Waals surface area (Å²) in [6.07, 6.45) is 3.74. The third-order valence-electron chi connectivity index (χ3n) is 3.73. The average Bonchev–Trinajstić information content (AvgIpc) is 2.59. The van der Waals surface area contributed by atoms with Crippen LogP contribution >= 0.6 is 0 Å². The van der Waals surface area contributed by atoms with Crippen LogP contribution in [-0.4, -0.2) is 35.5 Å². The van der Waals surface area contributed by atoms with Gasteiger partial charge >= 0.3 is 5.97 Å². The lowest BCUT2D eigenvalue weighted by atomic mass is 10.1. The summed E-state index contributed by atoms with van der Waals surface area (Å²) in [4.78, 5) is 24.6. The van der Waals surface area contributed by atoms with E-state index in [-0.39, 0.29) is 5.91 Å². The van der Waals surface area contributed by atoms with Gasteiger partial charge in [0.25, 0.3) is 0 Å². The molecule has 0 aromatic heterocycles. The van der Waals surface area contributed by atoms with Gasteiger partial charge in [-0.1, -0.05) is 54.6 Å². The molecule has 0 atom stereocenters. The van der Waals surface area contributed by atoms with E-state index < -0.39 is 5.97 Å². The van der Waals surface area contributed by atoms with E-state index in [2.05, 4.69) is 12.1 Å². The summed E-state index contributed by atoms with van der Waals surface area (Å²) in [7, 11) is 1.81. The van der Waals surface area contributed by atoms with Crippen LogP contribution in [0.3, 0.4) is 0 Å². The van der Waals surface area contributed by atoms with Crippen molar-refractivity contribution in [2.24, 2.45) is 0 Å². The van der Waals surface area contributed by atoms with E-state index in [1.165, 1.54) is 11.6 Å². The van der Waals surface area contributed by atoms with Crippen molar-refractivity contribution in [2.75, 3.05) is 13.6 Å². The maximum Gasteiger partial charge on any atom is 0.328 e. The number of carboxylic acids is 1. The average molecular weight is 323 g/mol. The Morgan fingerprint density at radius 2 is 1.75 bits per heavy atom. The Morgan fingerprint density at radius 1 is 1.04 bits per heavy atom. The first-order chi connectivity index (χ1) is 11.5. The molecule has 0 saturated carbocycles. The maximum atomic E-state index is 12.3. The summed E-state index contributed by atoms with van der Waals surface area (Å²) in [6.45, 7) is 0.668. The molecule has 1 amide bonds. The number of carbonyl (C=O) groups excluding carboxylic acids is 1. The molecule has 0 bridgehead atoms. The highest BCUT2D eigenvalue weighted by molar-refractivity contribution is 5.85. The Morgan fingerprint density at radius 3 is 2.46 bits per heavy atom. The molecule has 0 heterocycles. The lowest BCUT2D eigenvalue weighted by molar-refractivity contribution is -0.131. The first-order valence-corrected chi connectivity index (χ1v) is 7.82. The zero-order chi connectivity index (χ0) is 17.4. The van der Waals surface area contributed by atoms with E-state index in [0.29, 0.717) is 13.0 Å². The number of rotatable bonds is 7. The van der Waals surface area contributed by atoms with Gasteiger partial charge in [-0.25, -0.2) is 4.79 Å². The summed E-state index contributed by atoms with van der Waals surface area (Å²) in [6, 6.07) is 17.4. The van der Waals surface area contributed by atoms with Gasteiger partial charge in [0.2, 0.25) is 5.91 Å². The highest BCUT2D eigenvalue weighted by Crippen LogP contribution is 2.09. The minimum absolute atomic E-state index is 0.0466. The highest BCUT2D eigenvalue weighted by Gasteiger charge is 2.10. The number of aliphatic carboxylic acids is 1. The van der Waals surface area contributed by atoms with Crippen molar-refractivity contribution in [2.45, 2.75) is 12.8 Å². The molecule has 2 aromatic rings. The molecule has 0 fully saturated rings. The molecule has 4 nitrogen and oxygen atoms in total. The molecule has 124 valence electrons. The van der Waals surface area contributed by atoms with Crippen molar-refractivity contribution in [3.05, 3.63) is 77.4 Å². The third kappa shape index (κ3) is 5.72. The van der Waals surface area contributed by atoms with Gasteiger partial charge in [-0.05, 0) is 29.2 Å². The van der Waals surface area contributed by atoms with E-state index in [1.54, 1.807) is 11.9 Å². The van der Waals surface area contributed by atoms with Gasteiger partial charge in [-0.2, -0.15) is 0 Å². The molecular weight excluding hydrogens is 302 g/mol. The van der Waals surface area contributed by atoms with Crippen molar-refractivity contribution < 1.29 is 14.7 Å². The summed E-state index contributed by atoms with van der Waals surface area (Å²) in [5, 5.41) is 8.67. The molecule has 0 spiro atoms. The number of amides is 1. The smallest absolute Gasteiger partial charge is 0.328 e. The molecule has 0 aliphatic carbocycles. The monoisotopic (exact) mass is 323 g/mol. The van der Waals surface area contributed by atoms with Crippen LogP contribution in [0, 0.1) is 0 Å². The summed E-state index contributed by atoms with van der Waals surface area (Å²) in [5.74, 6) is -0.942. The van der Waals surface area contributed by atoms with Crippen LogP contribution in [0.2, 0.25) is 0 Å². The van der Waals surface area contributed by atoms with Gasteiger partial charge in [-0.3, -0.25) is 4.79 Å². The minimum Gasteiger partial charge on any atom is -0.478 e. The largest absolute Gasteiger partial charge is 0.478 e. The molecular formula is C20H21NO3. The van der Waals surface area contributed by atoms with Crippen molar-refractivity contribution in [1.29, 1.82) is 0 Å². The molecule has 0 aliphatic rings. The summed E-state index contributed by atoms with van der Waals surface area (Å²) < 4.78 is 0. The second kappa shape index (κ2) is 8.67. The number of benzene rings is 2. The minimum atomic E-state index is -0.989. The van der Waals surface area contributed by atoms with E-state index in [1.807, 2.05) is 42.5 Å². The van der Waals surface area contributed by atoms with Gasteiger partial charge in [0.15, 0.2) is 0 Å². The first-order valence-electron chi connectivity index (χ1n) is 7.82. The molecule has 0 saturated heterocycles. The molecule has 2 aromatic carbocycles. The number of carboxylic acid groups (broad SMARTS) is 1. The highest BCUT2D eigenvalue weighted by atomic mass is 16.4. The Bertz CT molecular complexity index is 723. The Labute approximate surface area is 142 Å².